The van der Waals surface area contributed by atoms with E-state index >= 15 is 0 Å². The van der Waals surface area contributed by atoms with Gasteiger partial charge in [0.05, 0.1) is 19.9 Å². The molecular weight excluding hydrogens is 362 g/mol. The fourth-order valence-electron chi connectivity index (χ4n) is 2.58. The molecule has 0 spiro atoms. The first-order chi connectivity index (χ1) is 13.3. The maximum atomic E-state index is 5.42. The lowest BCUT2D eigenvalue weighted by Crippen LogP contribution is -2.16. The van der Waals surface area contributed by atoms with Crippen LogP contribution in [-0.4, -0.2) is 46.7 Å². The van der Waals surface area contributed by atoms with Gasteiger partial charge in [0.2, 0.25) is 5.16 Å². The van der Waals surface area contributed by atoms with E-state index in [4.69, 9.17) is 9.47 Å². The first-order valence-electron chi connectivity index (χ1n) is 8.70. The summed E-state index contributed by atoms with van der Waals surface area (Å²) in [6.07, 6.45) is 1.00. The molecule has 0 fully saturated rings. The van der Waals surface area contributed by atoms with Gasteiger partial charge in [0.25, 0.3) is 0 Å². The number of ether oxygens (including phenoxy) is 2. The van der Waals surface area contributed by atoms with Crippen LogP contribution in [0.4, 0.5) is 0 Å². The zero-order chi connectivity index (χ0) is 18.9. The number of thioether (sulfide) groups is 1. The van der Waals surface area contributed by atoms with E-state index in [1.807, 2.05) is 48.5 Å². The number of benzene rings is 2. The Balaban J connectivity index is 1.43. The van der Waals surface area contributed by atoms with Gasteiger partial charge >= 0.3 is 0 Å². The van der Waals surface area contributed by atoms with Crippen molar-refractivity contribution < 1.29 is 9.47 Å². The molecule has 0 bridgehead atoms. The molecule has 0 saturated carbocycles. The lowest BCUT2D eigenvalue weighted by Gasteiger charge is -2.11. The van der Waals surface area contributed by atoms with Crippen molar-refractivity contribution in [1.29, 1.82) is 0 Å². The molecule has 0 saturated heterocycles. The second kappa shape index (κ2) is 9.94. The third-order valence-corrected chi connectivity index (χ3v) is 4.99. The molecule has 0 aliphatic rings. The number of para-hydroxylation sites is 1. The van der Waals surface area contributed by atoms with Crippen LogP contribution in [0.15, 0.2) is 53.7 Å². The zero-order valence-electron chi connectivity index (χ0n) is 15.5. The summed E-state index contributed by atoms with van der Waals surface area (Å²) in [7, 11) is 3.32. The first-order valence-corrected chi connectivity index (χ1v) is 9.68. The van der Waals surface area contributed by atoms with Gasteiger partial charge in [-0.2, -0.15) is 4.68 Å². The number of rotatable bonds is 10. The summed E-state index contributed by atoms with van der Waals surface area (Å²) in [5, 5.41) is 16.2. The van der Waals surface area contributed by atoms with Gasteiger partial charge in [-0.25, -0.2) is 0 Å². The maximum Gasteiger partial charge on any atom is 0.214 e. The number of nitrogens with one attached hydrogen (secondary N) is 1. The molecule has 1 heterocycles. The molecule has 0 unspecified atom stereocenters. The largest absolute Gasteiger partial charge is 0.497 e. The predicted molar refractivity (Wildman–Crippen MR) is 106 cm³/mol. The van der Waals surface area contributed by atoms with Gasteiger partial charge in [0.15, 0.2) is 0 Å². The lowest BCUT2D eigenvalue weighted by atomic mass is 10.2. The Morgan fingerprint density at radius 2 is 1.93 bits per heavy atom. The van der Waals surface area contributed by atoms with Crippen molar-refractivity contribution >= 4 is 11.8 Å². The van der Waals surface area contributed by atoms with E-state index in [9.17, 15) is 0 Å². The summed E-state index contributed by atoms with van der Waals surface area (Å²) < 4.78 is 12.4. The highest BCUT2D eigenvalue weighted by molar-refractivity contribution is 7.99. The Morgan fingerprint density at radius 1 is 1.07 bits per heavy atom. The summed E-state index contributed by atoms with van der Waals surface area (Å²) in [6.45, 7) is 1.65. The van der Waals surface area contributed by atoms with Crippen LogP contribution in [0.5, 0.6) is 11.5 Å². The van der Waals surface area contributed by atoms with Crippen molar-refractivity contribution in [2.24, 2.45) is 0 Å². The van der Waals surface area contributed by atoms with Crippen molar-refractivity contribution in [1.82, 2.24) is 25.5 Å². The Bertz CT molecular complexity index is 841. The Labute approximate surface area is 163 Å². The van der Waals surface area contributed by atoms with E-state index in [0.717, 1.165) is 53.2 Å². The number of tetrazole rings is 1. The summed E-state index contributed by atoms with van der Waals surface area (Å²) in [6, 6.07) is 15.8. The van der Waals surface area contributed by atoms with Crippen LogP contribution in [0.3, 0.4) is 0 Å². The van der Waals surface area contributed by atoms with E-state index in [1.54, 1.807) is 30.7 Å². The summed E-state index contributed by atoms with van der Waals surface area (Å²) in [5.41, 5.74) is 2.08. The Kier molecular flexibility index (Phi) is 7.06. The van der Waals surface area contributed by atoms with E-state index in [-0.39, 0.29) is 0 Å². The molecule has 0 atom stereocenters. The second-order valence-corrected chi connectivity index (χ2v) is 6.83. The molecule has 3 rings (SSSR count). The van der Waals surface area contributed by atoms with Crippen molar-refractivity contribution in [3.8, 4) is 17.2 Å². The van der Waals surface area contributed by atoms with Crippen LogP contribution in [0.25, 0.3) is 5.69 Å². The molecular formula is C19H23N5O2S. The average molecular weight is 385 g/mol. The highest BCUT2D eigenvalue weighted by atomic mass is 32.2. The van der Waals surface area contributed by atoms with E-state index in [0.29, 0.717) is 0 Å². The van der Waals surface area contributed by atoms with Crippen LogP contribution in [0.2, 0.25) is 0 Å². The minimum absolute atomic E-state index is 0.750. The molecule has 142 valence electrons. The zero-order valence-corrected chi connectivity index (χ0v) is 16.3. The van der Waals surface area contributed by atoms with Gasteiger partial charge in [-0.15, -0.1) is 5.10 Å². The van der Waals surface area contributed by atoms with Gasteiger partial charge in [0, 0.05) is 23.9 Å². The molecule has 2 aromatic carbocycles. The summed E-state index contributed by atoms with van der Waals surface area (Å²) in [5.74, 6) is 2.56. The third-order valence-electron chi connectivity index (χ3n) is 3.98. The number of hydrogen-bond donors (Lipinski definition) is 1. The van der Waals surface area contributed by atoms with Crippen molar-refractivity contribution in [3.63, 3.8) is 0 Å². The molecule has 0 amide bonds. The molecule has 1 aromatic heterocycles. The average Bonchev–Trinajstić information content (AvgIpc) is 3.19. The van der Waals surface area contributed by atoms with E-state index in [1.165, 1.54) is 0 Å². The quantitative estimate of drug-likeness (QED) is 0.425. The van der Waals surface area contributed by atoms with Gasteiger partial charge in [0.1, 0.15) is 11.5 Å². The van der Waals surface area contributed by atoms with Crippen LogP contribution < -0.4 is 14.8 Å². The third kappa shape index (κ3) is 5.21. The monoisotopic (exact) mass is 385 g/mol. The number of hydrogen-bond acceptors (Lipinski definition) is 7. The fourth-order valence-corrected chi connectivity index (χ4v) is 3.41. The molecule has 27 heavy (non-hydrogen) atoms. The second-order valence-electron chi connectivity index (χ2n) is 5.77. The predicted octanol–water partition coefficient (Wildman–Crippen LogP) is 2.95. The SMILES string of the molecule is COc1ccc(CNCCCSc2nnnn2-c2ccccc2)c(OC)c1. The van der Waals surface area contributed by atoms with Gasteiger partial charge in [-0.05, 0) is 41.6 Å². The normalized spacial score (nSPS) is 10.7. The molecule has 0 radical (unpaired) electrons. The topological polar surface area (TPSA) is 74.1 Å². The standard InChI is InChI=1S/C19H23N5O2S/c1-25-17-10-9-15(18(13-17)26-2)14-20-11-6-12-27-19-21-22-23-24(19)16-7-4-3-5-8-16/h3-5,7-10,13,20H,6,11-12,14H2,1-2H3. The summed E-state index contributed by atoms with van der Waals surface area (Å²) in [4.78, 5) is 0. The maximum absolute atomic E-state index is 5.42. The molecule has 7 nitrogen and oxygen atoms in total. The molecule has 0 aliphatic carbocycles. The van der Waals surface area contributed by atoms with Gasteiger partial charge in [-0.3, -0.25) is 0 Å². The molecule has 8 heteroatoms. The van der Waals surface area contributed by atoms with E-state index in [2.05, 4.69) is 20.8 Å². The Hall–Kier alpha value is -2.58. The van der Waals surface area contributed by atoms with Crippen molar-refractivity contribution in [3.05, 3.63) is 54.1 Å². The van der Waals surface area contributed by atoms with Crippen molar-refractivity contribution in [2.45, 2.75) is 18.1 Å². The van der Waals surface area contributed by atoms with Crippen LogP contribution >= 0.6 is 11.8 Å². The number of nitrogens with zero attached hydrogens (tertiary/aromatic N) is 4. The van der Waals surface area contributed by atoms with Crippen LogP contribution in [0, 0.1) is 0 Å². The van der Waals surface area contributed by atoms with Crippen molar-refractivity contribution in [2.75, 3.05) is 26.5 Å². The molecule has 3 aromatic rings. The number of aromatic nitrogens is 4. The first kappa shape index (κ1) is 19.2. The van der Waals surface area contributed by atoms with Crippen LogP contribution in [0.1, 0.15) is 12.0 Å². The smallest absolute Gasteiger partial charge is 0.214 e. The minimum Gasteiger partial charge on any atom is -0.497 e. The minimum atomic E-state index is 0.750. The van der Waals surface area contributed by atoms with Gasteiger partial charge < -0.3 is 14.8 Å². The Morgan fingerprint density at radius 3 is 2.70 bits per heavy atom. The molecule has 1 N–H and O–H groups in total. The lowest BCUT2D eigenvalue weighted by molar-refractivity contribution is 0.390. The van der Waals surface area contributed by atoms with E-state index < -0.39 is 0 Å². The van der Waals surface area contributed by atoms with Crippen LogP contribution in [-0.2, 0) is 6.54 Å². The van der Waals surface area contributed by atoms with Gasteiger partial charge in [-0.1, -0.05) is 36.0 Å². The summed E-state index contributed by atoms with van der Waals surface area (Å²) >= 11 is 1.65. The highest BCUT2D eigenvalue weighted by Gasteiger charge is 2.08. The highest BCUT2D eigenvalue weighted by Crippen LogP contribution is 2.24. The number of methoxy groups -OCH3 is 2. The fraction of sp³-hybridized carbons (Fsp3) is 0.316. The molecule has 0 aliphatic heterocycles.